The van der Waals surface area contributed by atoms with Crippen LogP contribution in [0.3, 0.4) is 0 Å². The quantitative estimate of drug-likeness (QED) is 0.860. The summed E-state index contributed by atoms with van der Waals surface area (Å²) in [4.78, 5) is 14.6. The molecule has 1 aliphatic carbocycles. The highest BCUT2D eigenvalue weighted by atomic mass is 16.2. The first-order chi connectivity index (χ1) is 12.2. The number of amides is 1. The van der Waals surface area contributed by atoms with Gasteiger partial charge in [-0.05, 0) is 49.1 Å². The summed E-state index contributed by atoms with van der Waals surface area (Å²) in [5.74, 6) is 0.151. The third kappa shape index (κ3) is 3.91. The number of aromatic nitrogens is 2. The van der Waals surface area contributed by atoms with E-state index in [1.54, 1.807) is 6.20 Å². The number of benzene rings is 1. The summed E-state index contributed by atoms with van der Waals surface area (Å²) >= 11 is 0. The lowest BCUT2D eigenvalue weighted by Gasteiger charge is -2.33. The van der Waals surface area contributed by atoms with Crippen LogP contribution in [0.1, 0.15) is 24.0 Å². The number of piperazine rings is 1. The molecule has 1 aromatic carbocycles. The van der Waals surface area contributed by atoms with Gasteiger partial charge < -0.3 is 10.6 Å². The SMILES string of the molecule is Cc1cc(-n2cccn2)ccc1CN1CCN[C@@H](C(=O)NC2CC2)C1. The topological polar surface area (TPSA) is 62.2 Å². The number of aryl methyl sites for hydroxylation is 1. The van der Waals surface area contributed by atoms with Crippen molar-refractivity contribution < 1.29 is 4.79 Å². The van der Waals surface area contributed by atoms with Gasteiger partial charge in [0.2, 0.25) is 5.91 Å². The van der Waals surface area contributed by atoms with Crippen molar-refractivity contribution in [2.24, 2.45) is 0 Å². The summed E-state index contributed by atoms with van der Waals surface area (Å²) < 4.78 is 1.87. The summed E-state index contributed by atoms with van der Waals surface area (Å²) in [6, 6.07) is 8.70. The lowest BCUT2D eigenvalue weighted by molar-refractivity contribution is -0.124. The first-order valence-electron chi connectivity index (χ1n) is 9.05. The molecule has 1 saturated heterocycles. The van der Waals surface area contributed by atoms with Gasteiger partial charge in [-0.1, -0.05) is 6.07 Å². The van der Waals surface area contributed by atoms with Gasteiger partial charge in [0.25, 0.3) is 0 Å². The Hall–Kier alpha value is -2.18. The first kappa shape index (κ1) is 16.3. The molecule has 2 fully saturated rings. The number of carbonyl (C=O) groups excluding carboxylic acids is 1. The zero-order chi connectivity index (χ0) is 17.2. The number of nitrogens with zero attached hydrogens (tertiary/aromatic N) is 3. The number of nitrogens with one attached hydrogen (secondary N) is 2. The molecule has 2 aromatic rings. The molecule has 0 unspecified atom stereocenters. The Morgan fingerprint density at radius 2 is 2.28 bits per heavy atom. The van der Waals surface area contributed by atoms with E-state index in [1.165, 1.54) is 11.1 Å². The van der Waals surface area contributed by atoms with Crippen LogP contribution in [0.25, 0.3) is 5.69 Å². The van der Waals surface area contributed by atoms with Gasteiger partial charge in [-0.3, -0.25) is 9.69 Å². The fraction of sp³-hybridized carbons (Fsp3) is 0.474. The van der Waals surface area contributed by atoms with Crippen molar-refractivity contribution in [3.63, 3.8) is 0 Å². The van der Waals surface area contributed by atoms with Crippen LogP contribution in [-0.2, 0) is 11.3 Å². The average molecular weight is 339 g/mol. The molecule has 2 heterocycles. The molecule has 0 bridgehead atoms. The third-order valence-electron chi connectivity index (χ3n) is 4.99. The van der Waals surface area contributed by atoms with Gasteiger partial charge in [0.15, 0.2) is 0 Å². The van der Waals surface area contributed by atoms with Crippen molar-refractivity contribution >= 4 is 5.91 Å². The number of hydrogen-bond donors (Lipinski definition) is 2. The standard InChI is InChI=1S/C19H25N5O/c1-14-11-17(24-9-2-7-21-24)6-3-15(14)12-23-10-8-20-18(13-23)19(25)22-16-4-5-16/h2-3,6-7,9,11,16,18,20H,4-5,8,10,12-13H2,1H3,(H,22,25)/t18-/m1/s1. The largest absolute Gasteiger partial charge is 0.352 e. The summed E-state index contributed by atoms with van der Waals surface area (Å²) in [5, 5.41) is 10.7. The van der Waals surface area contributed by atoms with Crippen molar-refractivity contribution in [1.29, 1.82) is 0 Å². The van der Waals surface area contributed by atoms with E-state index in [9.17, 15) is 4.79 Å². The highest BCUT2D eigenvalue weighted by molar-refractivity contribution is 5.82. The summed E-state index contributed by atoms with van der Waals surface area (Å²) in [7, 11) is 0. The molecule has 25 heavy (non-hydrogen) atoms. The Kier molecular flexibility index (Phi) is 4.55. The minimum atomic E-state index is -0.0991. The monoisotopic (exact) mass is 339 g/mol. The Bertz CT molecular complexity index is 738. The molecule has 2 aliphatic rings. The minimum Gasteiger partial charge on any atom is -0.352 e. The van der Waals surface area contributed by atoms with E-state index in [0.29, 0.717) is 6.04 Å². The zero-order valence-electron chi connectivity index (χ0n) is 14.6. The van der Waals surface area contributed by atoms with E-state index in [1.807, 2.05) is 16.9 Å². The highest BCUT2D eigenvalue weighted by Gasteiger charge is 2.30. The number of carbonyl (C=O) groups is 1. The van der Waals surface area contributed by atoms with E-state index >= 15 is 0 Å². The van der Waals surface area contributed by atoms with Crippen molar-refractivity contribution in [2.75, 3.05) is 19.6 Å². The fourth-order valence-corrected chi connectivity index (χ4v) is 3.32. The second-order valence-electron chi connectivity index (χ2n) is 7.09. The van der Waals surface area contributed by atoms with E-state index < -0.39 is 0 Å². The van der Waals surface area contributed by atoms with Crippen LogP contribution in [0.2, 0.25) is 0 Å². The maximum Gasteiger partial charge on any atom is 0.238 e. The van der Waals surface area contributed by atoms with Crippen molar-refractivity contribution in [1.82, 2.24) is 25.3 Å². The highest BCUT2D eigenvalue weighted by Crippen LogP contribution is 2.20. The van der Waals surface area contributed by atoms with Gasteiger partial charge in [0.05, 0.1) is 11.7 Å². The van der Waals surface area contributed by atoms with E-state index in [4.69, 9.17) is 0 Å². The lowest BCUT2D eigenvalue weighted by Crippen LogP contribution is -2.57. The Labute approximate surface area is 148 Å². The molecular weight excluding hydrogens is 314 g/mol. The van der Waals surface area contributed by atoms with Crippen molar-refractivity contribution in [3.8, 4) is 5.69 Å². The molecule has 6 nitrogen and oxygen atoms in total. The second kappa shape index (κ2) is 6.98. The smallest absolute Gasteiger partial charge is 0.238 e. The Balaban J connectivity index is 1.40. The van der Waals surface area contributed by atoms with Gasteiger partial charge in [0, 0.05) is 44.6 Å². The molecule has 6 heteroatoms. The maximum atomic E-state index is 12.3. The van der Waals surface area contributed by atoms with E-state index in [0.717, 1.165) is 44.7 Å². The minimum absolute atomic E-state index is 0.0991. The fourth-order valence-electron chi connectivity index (χ4n) is 3.32. The molecule has 1 aliphatic heterocycles. The molecule has 2 N–H and O–H groups in total. The Morgan fingerprint density at radius 3 is 3.00 bits per heavy atom. The molecular formula is C19H25N5O. The van der Waals surface area contributed by atoms with Crippen LogP contribution in [-0.4, -0.2) is 52.3 Å². The number of rotatable bonds is 5. The van der Waals surface area contributed by atoms with Gasteiger partial charge >= 0.3 is 0 Å². The zero-order valence-corrected chi connectivity index (χ0v) is 14.6. The van der Waals surface area contributed by atoms with Gasteiger partial charge in [0.1, 0.15) is 0 Å². The molecule has 4 rings (SSSR count). The predicted molar refractivity (Wildman–Crippen MR) is 96.5 cm³/mol. The van der Waals surface area contributed by atoms with Gasteiger partial charge in [-0.25, -0.2) is 4.68 Å². The molecule has 0 spiro atoms. The first-order valence-corrected chi connectivity index (χ1v) is 9.05. The van der Waals surface area contributed by atoms with Crippen LogP contribution in [0.4, 0.5) is 0 Å². The molecule has 1 aromatic heterocycles. The van der Waals surface area contributed by atoms with Crippen LogP contribution < -0.4 is 10.6 Å². The van der Waals surface area contributed by atoms with Crippen molar-refractivity contribution in [2.45, 2.75) is 38.4 Å². The predicted octanol–water partition coefficient (Wildman–Crippen LogP) is 1.23. The molecule has 1 saturated carbocycles. The van der Waals surface area contributed by atoms with Gasteiger partial charge in [-0.2, -0.15) is 5.10 Å². The summed E-state index contributed by atoms with van der Waals surface area (Å²) in [6.07, 6.45) is 6.00. The second-order valence-corrected chi connectivity index (χ2v) is 7.09. The van der Waals surface area contributed by atoms with E-state index in [-0.39, 0.29) is 11.9 Å². The maximum absolute atomic E-state index is 12.3. The Morgan fingerprint density at radius 1 is 1.40 bits per heavy atom. The molecule has 132 valence electrons. The lowest BCUT2D eigenvalue weighted by atomic mass is 10.1. The van der Waals surface area contributed by atoms with Gasteiger partial charge in [-0.15, -0.1) is 0 Å². The molecule has 0 radical (unpaired) electrons. The normalized spacial score (nSPS) is 21.2. The van der Waals surface area contributed by atoms with Crippen LogP contribution in [0.5, 0.6) is 0 Å². The van der Waals surface area contributed by atoms with Crippen LogP contribution >= 0.6 is 0 Å². The van der Waals surface area contributed by atoms with Crippen molar-refractivity contribution in [3.05, 3.63) is 47.8 Å². The third-order valence-corrected chi connectivity index (χ3v) is 4.99. The molecule has 1 atom stereocenters. The van der Waals surface area contributed by atoms with Crippen LogP contribution in [0.15, 0.2) is 36.7 Å². The van der Waals surface area contributed by atoms with E-state index in [2.05, 4.69) is 45.8 Å². The van der Waals surface area contributed by atoms with Crippen LogP contribution in [0, 0.1) is 6.92 Å². The molecule has 1 amide bonds. The summed E-state index contributed by atoms with van der Waals surface area (Å²) in [6.45, 7) is 5.60. The average Bonchev–Trinajstić information content (AvgIpc) is 3.26. The number of hydrogen-bond acceptors (Lipinski definition) is 4. The summed E-state index contributed by atoms with van der Waals surface area (Å²) in [5.41, 5.74) is 3.64.